The molecule has 3 rings (SSSR count). The van der Waals surface area contributed by atoms with E-state index in [1.807, 2.05) is 12.1 Å². The normalized spacial score (nSPS) is 15.7. The minimum atomic E-state index is -0.302. The monoisotopic (exact) mass is 415 g/mol. The van der Waals surface area contributed by atoms with Gasteiger partial charge in [-0.25, -0.2) is 9.37 Å². The number of hydrogen-bond acceptors (Lipinski definition) is 5. The molecule has 1 aromatic carbocycles. The standard InChI is InChI=1S/C22H30FN5O2/c1-22(2,28-10-12-29-13-11-28)16-27-21(24-3)26-15-17-8-9-25-20(14-17)30-19-6-4-18(23)5-7-19/h4-9,14H,10-13,15-16H2,1-3H3,(H2,24,26,27). The van der Waals surface area contributed by atoms with Gasteiger partial charge in [-0.1, -0.05) is 0 Å². The summed E-state index contributed by atoms with van der Waals surface area (Å²) >= 11 is 0. The van der Waals surface area contributed by atoms with E-state index in [1.54, 1.807) is 25.4 Å². The van der Waals surface area contributed by atoms with Gasteiger partial charge in [0.2, 0.25) is 5.88 Å². The van der Waals surface area contributed by atoms with E-state index in [9.17, 15) is 4.39 Å². The Labute approximate surface area is 177 Å². The third-order valence-electron chi connectivity index (χ3n) is 5.07. The molecule has 8 heteroatoms. The summed E-state index contributed by atoms with van der Waals surface area (Å²) in [6.07, 6.45) is 1.69. The molecule has 1 fully saturated rings. The van der Waals surface area contributed by atoms with Crippen LogP contribution in [0.25, 0.3) is 0 Å². The lowest BCUT2D eigenvalue weighted by molar-refractivity contribution is -0.00834. The van der Waals surface area contributed by atoms with Crippen LogP contribution in [-0.2, 0) is 11.3 Å². The Bertz CT molecular complexity index is 836. The Hall–Kier alpha value is -2.71. The van der Waals surface area contributed by atoms with Crippen molar-refractivity contribution in [2.45, 2.75) is 25.9 Å². The zero-order valence-electron chi connectivity index (χ0n) is 17.8. The molecule has 1 aliphatic rings. The van der Waals surface area contributed by atoms with Gasteiger partial charge in [0.25, 0.3) is 0 Å². The van der Waals surface area contributed by atoms with Crippen LogP contribution in [0.4, 0.5) is 4.39 Å². The molecule has 1 saturated heterocycles. The topological polar surface area (TPSA) is 71.0 Å². The summed E-state index contributed by atoms with van der Waals surface area (Å²) in [5.41, 5.74) is 0.992. The quantitative estimate of drug-likeness (QED) is 0.535. The van der Waals surface area contributed by atoms with Gasteiger partial charge in [0.1, 0.15) is 11.6 Å². The summed E-state index contributed by atoms with van der Waals surface area (Å²) in [4.78, 5) is 11.0. The minimum Gasteiger partial charge on any atom is -0.439 e. The van der Waals surface area contributed by atoms with Gasteiger partial charge in [0.15, 0.2) is 5.96 Å². The van der Waals surface area contributed by atoms with Crippen molar-refractivity contribution in [2.75, 3.05) is 39.9 Å². The molecule has 30 heavy (non-hydrogen) atoms. The summed E-state index contributed by atoms with van der Waals surface area (Å²) in [5.74, 6) is 1.42. The molecule has 0 aliphatic carbocycles. The first-order chi connectivity index (χ1) is 14.5. The number of hydrogen-bond donors (Lipinski definition) is 2. The lowest BCUT2D eigenvalue weighted by Gasteiger charge is -2.41. The van der Waals surface area contributed by atoms with Crippen molar-refractivity contribution >= 4 is 5.96 Å². The first-order valence-electron chi connectivity index (χ1n) is 10.1. The summed E-state index contributed by atoms with van der Waals surface area (Å²) < 4.78 is 24.2. The molecule has 0 saturated carbocycles. The van der Waals surface area contributed by atoms with Crippen LogP contribution in [0.15, 0.2) is 47.6 Å². The molecule has 0 atom stereocenters. The van der Waals surface area contributed by atoms with E-state index >= 15 is 0 Å². The first-order valence-corrected chi connectivity index (χ1v) is 10.1. The highest BCUT2D eigenvalue weighted by Gasteiger charge is 2.28. The van der Waals surface area contributed by atoms with Crippen LogP contribution in [0.3, 0.4) is 0 Å². The fourth-order valence-electron chi connectivity index (χ4n) is 3.23. The summed E-state index contributed by atoms with van der Waals surface area (Å²) in [6, 6.07) is 9.62. The lowest BCUT2D eigenvalue weighted by atomic mass is 10.0. The largest absolute Gasteiger partial charge is 0.439 e. The fraction of sp³-hybridized carbons (Fsp3) is 0.455. The van der Waals surface area contributed by atoms with Gasteiger partial charge in [-0.2, -0.15) is 0 Å². The van der Waals surface area contributed by atoms with E-state index in [4.69, 9.17) is 9.47 Å². The van der Waals surface area contributed by atoms with Gasteiger partial charge in [-0.15, -0.1) is 0 Å². The highest BCUT2D eigenvalue weighted by atomic mass is 19.1. The van der Waals surface area contributed by atoms with E-state index in [0.29, 0.717) is 18.2 Å². The summed E-state index contributed by atoms with van der Waals surface area (Å²) in [7, 11) is 1.76. The molecule has 1 aliphatic heterocycles. The van der Waals surface area contributed by atoms with Crippen LogP contribution in [0.2, 0.25) is 0 Å². The number of pyridine rings is 1. The van der Waals surface area contributed by atoms with Crippen LogP contribution < -0.4 is 15.4 Å². The van der Waals surface area contributed by atoms with Crippen LogP contribution in [0.1, 0.15) is 19.4 Å². The van der Waals surface area contributed by atoms with E-state index in [-0.39, 0.29) is 11.4 Å². The Morgan fingerprint density at radius 3 is 2.63 bits per heavy atom. The Morgan fingerprint density at radius 2 is 1.93 bits per heavy atom. The van der Waals surface area contributed by atoms with Crippen molar-refractivity contribution in [2.24, 2.45) is 4.99 Å². The van der Waals surface area contributed by atoms with E-state index < -0.39 is 0 Å². The molecular formula is C22H30FN5O2. The number of morpholine rings is 1. The highest BCUT2D eigenvalue weighted by molar-refractivity contribution is 5.79. The summed E-state index contributed by atoms with van der Waals surface area (Å²) in [5, 5.41) is 6.73. The third kappa shape index (κ3) is 6.40. The molecule has 2 aromatic rings. The number of rotatable bonds is 7. The van der Waals surface area contributed by atoms with Crippen LogP contribution in [0.5, 0.6) is 11.6 Å². The maximum absolute atomic E-state index is 13.0. The van der Waals surface area contributed by atoms with Gasteiger partial charge < -0.3 is 20.1 Å². The number of aliphatic imine (C=N–C) groups is 1. The second-order valence-corrected chi connectivity index (χ2v) is 7.75. The third-order valence-corrected chi connectivity index (χ3v) is 5.07. The SMILES string of the molecule is CN=C(NCc1ccnc(Oc2ccc(F)cc2)c1)NCC(C)(C)N1CCOCC1. The molecule has 0 radical (unpaired) electrons. The van der Waals surface area contributed by atoms with E-state index in [1.165, 1.54) is 12.1 Å². The molecule has 0 spiro atoms. The second kappa shape index (κ2) is 10.4. The predicted octanol–water partition coefficient (Wildman–Crippen LogP) is 2.79. The number of aromatic nitrogens is 1. The number of ether oxygens (including phenoxy) is 2. The van der Waals surface area contributed by atoms with Gasteiger partial charge in [-0.3, -0.25) is 9.89 Å². The van der Waals surface area contributed by atoms with Crippen LogP contribution in [0, 0.1) is 5.82 Å². The maximum Gasteiger partial charge on any atom is 0.219 e. The Morgan fingerprint density at radius 1 is 1.20 bits per heavy atom. The number of nitrogens with zero attached hydrogens (tertiary/aromatic N) is 3. The Balaban J connectivity index is 1.51. The molecule has 2 N–H and O–H groups in total. The average molecular weight is 416 g/mol. The molecule has 162 valence electrons. The number of benzene rings is 1. The highest BCUT2D eigenvalue weighted by Crippen LogP contribution is 2.20. The van der Waals surface area contributed by atoms with Crippen LogP contribution in [-0.4, -0.2) is 61.3 Å². The van der Waals surface area contributed by atoms with Gasteiger partial charge >= 0.3 is 0 Å². The van der Waals surface area contributed by atoms with Gasteiger partial charge in [-0.05, 0) is 49.7 Å². The van der Waals surface area contributed by atoms with E-state index in [2.05, 4.69) is 39.4 Å². The van der Waals surface area contributed by atoms with Gasteiger partial charge in [0.05, 0.1) is 13.2 Å². The fourth-order valence-corrected chi connectivity index (χ4v) is 3.23. The maximum atomic E-state index is 13.0. The second-order valence-electron chi connectivity index (χ2n) is 7.75. The van der Waals surface area contributed by atoms with E-state index in [0.717, 1.165) is 44.4 Å². The molecule has 1 aromatic heterocycles. The minimum absolute atomic E-state index is 0.00572. The average Bonchev–Trinajstić information content (AvgIpc) is 2.76. The van der Waals surface area contributed by atoms with Gasteiger partial charge in [0, 0.05) is 51.0 Å². The number of nitrogens with one attached hydrogen (secondary N) is 2. The lowest BCUT2D eigenvalue weighted by Crippen LogP contribution is -2.56. The number of halogens is 1. The molecule has 7 nitrogen and oxygen atoms in total. The predicted molar refractivity (Wildman–Crippen MR) is 115 cm³/mol. The van der Waals surface area contributed by atoms with Crippen molar-refractivity contribution in [3.63, 3.8) is 0 Å². The zero-order chi connectivity index (χ0) is 21.4. The Kier molecular flexibility index (Phi) is 7.59. The van der Waals surface area contributed by atoms with Crippen molar-refractivity contribution in [1.82, 2.24) is 20.5 Å². The van der Waals surface area contributed by atoms with Crippen LogP contribution >= 0.6 is 0 Å². The van der Waals surface area contributed by atoms with Crippen molar-refractivity contribution < 1.29 is 13.9 Å². The van der Waals surface area contributed by atoms with Crippen molar-refractivity contribution in [3.8, 4) is 11.6 Å². The molecule has 0 bridgehead atoms. The smallest absolute Gasteiger partial charge is 0.219 e. The molecule has 0 amide bonds. The molecular weight excluding hydrogens is 385 g/mol. The van der Waals surface area contributed by atoms with Crippen molar-refractivity contribution in [1.29, 1.82) is 0 Å². The zero-order valence-corrected chi connectivity index (χ0v) is 17.8. The summed E-state index contributed by atoms with van der Waals surface area (Å²) in [6.45, 7) is 9.22. The number of guanidine groups is 1. The molecule has 2 heterocycles. The first kappa shape index (κ1) is 22.0. The van der Waals surface area contributed by atoms with Crippen molar-refractivity contribution in [3.05, 3.63) is 54.0 Å². The molecule has 0 unspecified atom stereocenters.